The molecule has 2 N–H and O–H groups in total. The highest BCUT2D eigenvalue weighted by molar-refractivity contribution is 5.96. The van der Waals surface area contributed by atoms with Crippen LogP contribution >= 0.6 is 0 Å². The van der Waals surface area contributed by atoms with Gasteiger partial charge in [0, 0.05) is 23.3 Å². The zero-order valence-electron chi connectivity index (χ0n) is 21.6. The van der Waals surface area contributed by atoms with Crippen LogP contribution in [0.5, 0.6) is 0 Å². The molecule has 5 aliphatic carbocycles. The topological polar surface area (TPSA) is 60.2 Å². The normalized spacial score (nSPS) is 51.6. The monoisotopic (exact) mass is 439 g/mol. The summed E-state index contributed by atoms with van der Waals surface area (Å²) in [5.74, 6) is 1.39. The molecule has 0 aromatic rings. The van der Waals surface area contributed by atoms with E-state index in [1.807, 2.05) is 0 Å². The Kier molecular flexibility index (Phi) is 4.54. The average molecular weight is 440 g/mol. The van der Waals surface area contributed by atoms with Gasteiger partial charge in [0.15, 0.2) is 5.78 Å². The first-order chi connectivity index (χ1) is 14.6. The smallest absolute Gasteiger partial charge is 0.159 e. The zero-order chi connectivity index (χ0) is 23.5. The molecule has 3 nitrogen and oxygen atoms in total. The van der Waals surface area contributed by atoms with Crippen molar-refractivity contribution in [1.82, 2.24) is 0 Å². The molecule has 0 spiro atoms. The van der Waals surface area contributed by atoms with Crippen molar-refractivity contribution in [3.8, 4) is 0 Å². The largest absolute Gasteiger partial charge is 0.325 e. The van der Waals surface area contributed by atoms with E-state index in [-0.39, 0.29) is 44.4 Å². The summed E-state index contributed by atoms with van der Waals surface area (Å²) in [5, 5.41) is 0. The Morgan fingerprint density at radius 2 is 1.53 bits per heavy atom. The second kappa shape index (κ2) is 6.37. The van der Waals surface area contributed by atoms with Crippen LogP contribution in [0, 0.1) is 44.8 Å². The molecular formula is C29H45NO2. The maximum Gasteiger partial charge on any atom is 0.159 e. The van der Waals surface area contributed by atoms with Gasteiger partial charge in [-0.25, -0.2) is 0 Å². The molecule has 178 valence electrons. The lowest BCUT2D eigenvalue weighted by Crippen LogP contribution is -2.68. The zero-order valence-corrected chi connectivity index (χ0v) is 21.6. The molecule has 0 unspecified atom stereocenters. The van der Waals surface area contributed by atoms with E-state index in [4.69, 9.17) is 5.73 Å². The second-order valence-electron chi connectivity index (χ2n) is 14.5. The molecule has 4 fully saturated rings. The summed E-state index contributed by atoms with van der Waals surface area (Å²) >= 11 is 0. The molecule has 0 bridgehead atoms. The number of ketones is 2. The molecule has 0 aromatic heterocycles. The van der Waals surface area contributed by atoms with Crippen molar-refractivity contribution >= 4 is 11.6 Å². The first-order valence-electron chi connectivity index (χ1n) is 13.2. The van der Waals surface area contributed by atoms with Crippen LogP contribution in [0.3, 0.4) is 0 Å². The third kappa shape index (κ3) is 2.64. The second-order valence-corrected chi connectivity index (χ2v) is 14.5. The highest BCUT2D eigenvalue weighted by Crippen LogP contribution is 2.73. The van der Waals surface area contributed by atoms with E-state index >= 15 is 0 Å². The van der Waals surface area contributed by atoms with E-state index in [1.54, 1.807) is 0 Å². The van der Waals surface area contributed by atoms with Gasteiger partial charge in [0.1, 0.15) is 5.78 Å². The van der Waals surface area contributed by atoms with Gasteiger partial charge in [-0.3, -0.25) is 9.59 Å². The van der Waals surface area contributed by atoms with Gasteiger partial charge in [0.25, 0.3) is 0 Å². The highest BCUT2D eigenvalue weighted by Gasteiger charge is 2.69. The van der Waals surface area contributed by atoms with Crippen LogP contribution in [0.25, 0.3) is 0 Å². The minimum Gasteiger partial charge on any atom is -0.325 e. The lowest BCUT2D eigenvalue weighted by molar-refractivity contribution is -0.164. The molecule has 0 amide bonds. The molecule has 4 saturated carbocycles. The summed E-state index contributed by atoms with van der Waals surface area (Å²) in [5.41, 5.74) is 8.15. The maximum atomic E-state index is 14.1. The standard InChI is InChI=1S/C29H45NO2/c1-24(2)12-14-29(30)15-13-28(7)23(18(29)17-24)19(31)16-21-26(5)10-9-22(32)25(3,4)20(26)8-11-27(21,28)6/h16,18,20,23H,8-15,17,30H2,1-7H3/t18-,20-,23-,26-,27+,28+,29-/m0/s1. The minimum atomic E-state index is -0.303. The molecule has 0 aromatic carbocycles. The lowest BCUT2D eigenvalue weighted by atomic mass is 9.34. The van der Waals surface area contributed by atoms with Gasteiger partial charge in [0.05, 0.1) is 0 Å². The van der Waals surface area contributed by atoms with Crippen molar-refractivity contribution in [3.63, 3.8) is 0 Å². The summed E-state index contributed by atoms with van der Waals surface area (Å²) in [6, 6.07) is 0. The Hall–Kier alpha value is -0.960. The average Bonchev–Trinajstić information content (AvgIpc) is 2.68. The summed E-state index contributed by atoms with van der Waals surface area (Å²) in [7, 11) is 0. The fourth-order valence-corrected chi connectivity index (χ4v) is 9.85. The van der Waals surface area contributed by atoms with E-state index < -0.39 is 0 Å². The molecule has 5 aliphatic rings. The number of fused-ring (bicyclic) bond motifs is 7. The Labute approximate surface area is 195 Å². The van der Waals surface area contributed by atoms with Crippen LogP contribution < -0.4 is 5.73 Å². The number of allylic oxidation sites excluding steroid dienone is 2. The number of hydrogen-bond acceptors (Lipinski definition) is 3. The van der Waals surface area contributed by atoms with E-state index in [1.165, 1.54) is 12.0 Å². The number of carbonyl (C=O) groups excluding carboxylic acids is 2. The number of carbonyl (C=O) groups is 2. The number of rotatable bonds is 0. The Morgan fingerprint density at radius 1 is 0.875 bits per heavy atom. The molecule has 0 heterocycles. The van der Waals surface area contributed by atoms with E-state index in [2.05, 4.69) is 54.5 Å². The molecule has 3 heteroatoms. The number of nitrogens with two attached hydrogens (primary N) is 1. The SMILES string of the molecule is CC1(C)CC[C@]2(N)CC[C@]3(C)[C@H](C(=O)C=C4[C@@]5(C)CCC(=O)C(C)(C)[C@@H]5CC[C@]43C)[C@@H]2C1. The van der Waals surface area contributed by atoms with Crippen molar-refractivity contribution in [3.05, 3.63) is 11.6 Å². The predicted molar refractivity (Wildman–Crippen MR) is 129 cm³/mol. The third-order valence-electron chi connectivity index (χ3n) is 12.2. The van der Waals surface area contributed by atoms with Crippen molar-refractivity contribution in [2.45, 2.75) is 112 Å². The van der Waals surface area contributed by atoms with Gasteiger partial charge in [0.2, 0.25) is 0 Å². The van der Waals surface area contributed by atoms with Crippen LogP contribution in [0.2, 0.25) is 0 Å². The first-order valence-corrected chi connectivity index (χ1v) is 13.2. The fourth-order valence-electron chi connectivity index (χ4n) is 9.85. The van der Waals surface area contributed by atoms with Crippen LogP contribution in [-0.4, -0.2) is 17.1 Å². The van der Waals surface area contributed by atoms with Crippen LogP contribution in [0.4, 0.5) is 0 Å². The van der Waals surface area contributed by atoms with E-state index in [0.29, 0.717) is 23.9 Å². The fraction of sp³-hybridized carbons (Fsp3) is 0.862. The molecule has 32 heavy (non-hydrogen) atoms. The van der Waals surface area contributed by atoms with Gasteiger partial charge < -0.3 is 5.73 Å². The molecular weight excluding hydrogens is 394 g/mol. The molecule has 5 rings (SSSR count). The third-order valence-corrected chi connectivity index (χ3v) is 12.2. The van der Waals surface area contributed by atoms with Crippen LogP contribution in [0.15, 0.2) is 11.6 Å². The van der Waals surface area contributed by atoms with E-state index in [0.717, 1.165) is 44.9 Å². The molecule has 7 atom stereocenters. The van der Waals surface area contributed by atoms with Crippen LogP contribution in [-0.2, 0) is 9.59 Å². The lowest BCUT2D eigenvalue weighted by Gasteiger charge is -2.69. The first kappa shape index (κ1) is 22.8. The van der Waals surface area contributed by atoms with E-state index in [9.17, 15) is 9.59 Å². The Morgan fingerprint density at radius 3 is 2.22 bits per heavy atom. The van der Waals surface area contributed by atoms with Gasteiger partial charge in [-0.05, 0) is 90.9 Å². The summed E-state index contributed by atoms with van der Waals surface area (Å²) in [6.07, 6.45) is 11.2. The minimum absolute atomic E-state index is 0.0101. The summed E-state index contributed by atoms with van der Waals surface area (Å²) in [4.78, 5) is 26.9. The van der Waals surface area contributed by atoms with Gasteiger partial charge in [-0.15, -0.1) is 0 Å². The number of Topliss-reactive ketones (excluding diaryl/α,β-unsaturated/α-hetero) is 1. The quantitative estimate of drug-likeness (QED) is 0.485. The predicted octanol–water partition coefficient (Wildman–Crippen LogP) is 6.25. The summed E-state index contributed by atoms with van der Waals surface area (Å²) < 4.78 is 0. The molecule has 0 radical (unpaired) electrons. The summed E-state index contributed by atoms with van der Waals surface area (Å²) in [6.45, 7) is 16.3. The number of hydrogen-bond donors (Lipinski definition) is 1. The van der Waals surface area contributed by atoms with Gasteiger partial charge in [-0.1, -0.05) is 54.0 Å². The molecule has 0 aliphatic heterocycles. The van der Waals surface area contributed by atoms with Gasteiger partial charge in [-0.2, -0.15) is 0 Å². The van der Waals surface area contributed by atoms with Crippen molar-refractivity contribution in [2.75, 3.05) is 0 Å². The van der Waals surface area contributed by atoms with Crippen LogP contribution in [0.1, 0.15) is 106 Å². The molecule has 0 saturated heterocycles. The van der Waals surface area contributed by atoms with Crippen molar-refractivity contribution in [1.29, 1.82) is 0 Å². The van der Waals surface area contributed by atoms with Gasteiger partial charge >= 0.3 is 0 Å². The maximum absolute atomic E-state index is 14.1. The Bertz CT molecular complexity index is 914. The van der Waals surface area contributed by atoms with Crippen molar-refractivity contribution in [2.24, 2.45) is 50.6 Å². The van der Waals surface area contributed by atoms with Crippen molar-refractivity contribution < 1.29 is 9.59 Å². The Balaban J connectivity index is 1.64. The highest BCUT2D eigenvalue weighted by atomic mass is 16.1.